The SMILES string of the molecule is C[C@@H](NC(=O)c1cccs1)c1n[nH]c(=S)n1C. The number of aromatic amines is 1. The molecular weight excluding hydrogens is 256 g/mol. The largest absolute Gasteiger partial charge is 0.342 e. The van der Waals surface area contributed by atoms with Gasteiger partial charge in [0.2, 0.25) is 0 Å². The van der Waals surface area contributed by atoms with Gasteiger partial charge >= 0.3 is 0 Å². The Labute approximate surface area is 107 Å². The molecular formula is C10H12N4OS2. The molecule has 2 N–H and O–H groups in total. The number of carbonyl (C=O) groups is 1. The van der Waals surface area contributed by atoms with Gasteiger partial charge in [0.25, 0.3) is 5.91 Å². The number of aromatic nitrogens is 3. The van der Waals surface area contributed by atoms with Gasteiger partial charge in [-0.1, -0.05) is 6.07 Å². The van der Waals surface area contributed by atoms with Gasteiger partial charge in [0.1, 0.15) is 0 Å². The van der Waals surface area contributed by atoms with Crippen LogP contribution in [-0.4, -0.2) is 20.7 Å². The van der Waals surface area contributed by atoms with Crippen LogP contribution in [0.5, 0.6) is 0 Å². The Bertz CT molecular complexity index is 569. The van der Waals surface area contributed by atoms with Crippen molar-refractivity contribution >= 4 is 29.5 Å². The summed E-state index contributed by atoms with van der Waals surface area (Å²) in [6.07, 6.45) is 0. The van der Waals surface area contributed by atoms with Crippen molar-refractivity contribution in [3.63, 3.8) is 0 Å². The number of nitrogens with one attached hydrogen (secondary N) is 2. The summed E-state index contributed by atoms with van der Waals surface area (Å²) in [5.74, 6) is 0.612. The highest BCUT2D eigenvalue weighted by Gasteiger charge is 2.16. The maximum Gasteiger partial charge on any atom is 0.261 e. The van der Waals surface area contributed by atoms with Gasteiger partial charge in [-0.15, -0.1) is 11.3 Å². The molecule has 0 bridgehead atoms. The Hall–Kier alpha value is -1.47. The molecule has 0 aliphatic heterocycles. The van der Waals surface area contributed by atoms with Crippen LogP contribution in [0.15, 0.2) is 17.5 Å². The lowest BCUT2D eigenvalue weighted by Gasteiger charge is -2.11. The first-order valence-electron chi connectivity index (χ1n) is 5.05. The molecule has 7 heteroatoms. The molecule has 2 heterocycles. The van der Waals surface area contributed by atoms with E-state index in [0.29, 0.717) is 15.5 Å². The second-order valence-electron chi connectivity index (χ2n) is 3.62. The van der Waals surface area contributed by atoms with E-state index in [1.807, 2.05) is 25.4 Å². The molecule has 0 saturated carbocycles. The minimum absolute atomic E-state index is 0.0959. The van der Waals surface area contributed by atoms with Crippen molar-refractivity contribution in [1.29, 1.82) is 0 Å². The van der Waals surface area contributed by atoms with E-state index in [1.165, 1.54) is 11.3 Å². The van der Waals surface area contributed by atoms with Crippen LogP contribution in [0, 0.1) is 4.77 Å². The van der Waals surface area contributed by atoms with Crippen LogP contribution in [0.2, 0.25) is 0 Å². The zero-order valence-corrected chi connectivity index (χ0v) is 11.1. The van der Waals surface area contributed by atoms with Crippen LogP contribution in [0.3, 0.4) is 0 Å². The normalized spacial score (nSPS) is 12.4. The lowest BCUT2D eigenvalue weighted by Crippen LogP contribution is -2.27. The van der Waals surface area contributed by atoms with Gasteiger partial charge in [-0.25, -0.2) is 0 Å². The highest BCUT2D eigenvalue weighted by Crippen LogP contribution is 2.12. The van der Waals surface area contributed by atoms with E-state index in [2.05, 4.69) is 15.5 Å². The molecule has 0 aliphatic carbocycles. The van der Waals surface area contributed by atoms with Crippen LogP contribution in [-0.2, 0) is 7.05 Å². The predicted octanol–water partition coefficient (Wildman–Crippen LogP) is 2.03. The molecule has 90 valence electrons. The molecule has 0 aliphatic rings. The summed E-state index contributed by atoms with van der Waals surface area (Å²) >= 11 is 6.43. The van der Waals surface area contributed by atoms with Gasteiger partial charge in [-0.05, 0) is 30.6 Å². The quantitative estimate of drug-likeness (QED) is 0.837. The number of rotatable bonds is 3. The van der Waals surface area contributed by atoms with Crippen molar-refractivity contribution in [2.45, 2.75) is 13.0 Å². The number of hydrogen-bond donors (Lipinski definition) is 2. The molecule has 0 unspecified atom stereocenters. The Morgan fingerprint density at radius 2 is 2.47 bits per heavy atom. The predicted molar refractivity (Wildman–Crippen MR) is 68.6 cm³/mol. The third-order valence-electron chi connectivity index (χ3n) is 2.39. The average Bonchev–Trinajstić information content (AvgIpc) is 2.90. The molecule has 0 aromatic carbocycles. The molecule has 2 aromatic rings. The minimum Gasteiger partial charge on any atom is -0.342 e. The van der Waals surface area contributed by atoms with Crippen LogP contribution in [0.25, 0.3) is 0 Å². The van der Waals surface area contributed by atoms with Crippen LogP contribution >= 0.6 is 23.6 Å². The number of hydrogen-bond acceptors (Lipinski definition) is 4. The van der Waals surface area contributed by atoms with Crippen molar-refractivity contribution in [2.75, 3.05) is 0 Å². The number of H-pyrrole nitrogens is 1. The minimum atomic E-state index is -0.192. The summed E-state index contributed by atoms with van der Waals surface area (Å²) in [5.41, 5.74) is 0. The average molecular weight is 268 g/mol. The molecule has 1 amide bonds. The zero-order valence-electron chi connectivity index (χ0n) is 9.43. The molecule has 2 rings (SSSR count). The van der Waals surface area contributed by atoms with Crippen LogP contribution in [0.1, 0.15) is 28.5 Å². The van der Waals surface area contributed by atoms with Crippen molar-refractivity contribution in [1.82, 2.24) is 20.1 Å². The fourth-order valence-electron chi connectivity index (χ4n) is 1.49. The number of nitrogens with zero attached hydrogens (tertiary/aromatic N) is 2. The molecule has 0 radical (unpaired) electrons. The highest BCUT2D eigenvalue weighted by atomic mass is 32.1. The highest BCUT2D eigenvalue weighted by molar-refractivity contribution is 7.71. The first kappa shape index (κ1) is 12.0. The summed E-state index contributed by atoms with van der Waals surface area (Å²) in [7, 11) is 1.81. The van der Waals surface area contributed by atoms with E-state index < -0.39 is 0 Å². The van der Waals surface area contributed by atoms with Gasteiger partial charge in [0, 0.05) is 7.05 Å². The van der Waals surface area contributed by atoms with E-state index in [-0.39, 0.29) is 11.9 Å². The van der Waals surface area contributed by atoms with Gasteiger partial charge in [-0.3, -0.25) is 9.89 Å². The smallest absolute Gasteiger partial charge is 0.261 e. The molecule has 5 nitrogen and oxygen atoms in total. The van der Waals surface area contributed by atoms with Gasteiger partial charge in [0.05, 0.1) is 10.9 Å². The first-order chi connectivity index (χ1) is 8.09. The zero-order chi connectivity index (χ0) is 12.4. The van der Waals surface area contributed by atoms with E-state index in [1.54, 1.807) is 10.6 Å². The Kier molecular flexibility index (Phi) is 3.39. The standard InChI is InChI=1S/C10H12N4OS2/c1-6(8-12-13-10(16)14(8)2)11-9(15)7-4-3-5-17-7/h3-6H,1-2H3,(H,11,15)(H,13,16)/t6-/m1/s1. The lowest BCUT2D eigenvalue weighted by molar-refractivity contribution is 0.0942. The van der Waals surface area contributed by atoms with Crippen molar-refractivity contribution in [3.8, 4) is 0 Å². The summed E-state index contributed by atoms with van der Waals surface area (Å²) in [6, 6.07) is 3.44. The van der Waals surface area contributed by atoms with Crippen LogP contribution < -0.4 is 5.32 Å². The molecule has 17 heavy (non-hydrogen) atoms. The Morgan fingerprint density at radius 3 is 3.00 bits per heavy atom. The molecule has 0 fully saturated rings. The maximum absolute atomic E-state index is 11.8. The van der Waals surface area contributed by atoms with E-state index in [9.17, 15) is 4.79 Å². The van der Waals surface area contributed by atoms with Gasteiger partial charge < -0.3 is 9.88 Å². The summed E-state index contributed by atoms with van der Waals surface area (Å²) in [5, 5.41) is 11.5. The first-order valence-corrected chi connectivity index (χ1v) is 6.34. The van der Waals surface area contributed by atoms with E-state index in [4.69, 9.17) is 12.2 Å². The van der Waals surface area contributed by atoms with E-state index >= 15 is 0 Å². The lowest BCUT2D eigenvalue weighted by atomic mass is 10.3. The van der Waals surface area contributed by atoms with Crippen molar-refractivity contribution in [3.05, 3.63) is 33.0 Å². The third kappa shape index (κ3) is 2.45. The Morgan fingerprint density at radius 1 is 1.71 bits per heavy atom. The fourth-order valence-corrected chi connectivity index (χ4v) is 2.25. The summed E-state index contributed by atoms with van der Waals surface area (Å²) < 4.78 is 2.28. The number of thiophene rings is 1. The summed E-state index contributed by atoms with van der Waals surface area (Å²) in [6.45, 7) is 1.87. The topological polar surface area (TPSA) is 62.7 Å². The number of carbonyl (C=O) groups excluding carboxylic acids is 1. The third-order valence-corrected chi connectivity index (χ3v) is 3.63. The molecule has 0 saturated heterocycles. The molecule has 1 atom stereocenters. The second-order valence-corrected chi connectivity index (χ2v) is 4.95. The van der Waals surface area contributed by atoms with Gasteiger partial charge in [0.15, 0.2) is 10.6 Å². The van der Waals surface area contributed by atoms with Gasteiger partial charge in [-0.2, -0.15) is 5.10 Å². The van der Waals surface area contributed by atoms with Crippen molar-refractivity contribution in [2.24, 2.45) is 7.05 Å². The monoisotopic (exact) mass is 268 g/mol. The fraction of sp³-hybridized carbons (Fsp3) is 0.300. The second kappa shape index (κ2) is 4.80. The van der Waals surface area contributed by atoms with Crippen LogP contribution in [0.4, 0.5) is 0 Å². The molecule has 2 aromatic heterocycles. The number of amides is 1. The van der Waals surface area contributed by atoms with E-state index in [0.717, 1.165) is 0 Å². The Balaban J connectivity index is 2.12. The molecule has 0 spiro atoms. The maximum atomic E-state index is 11.8. The summed E-state index contributed by atoms with van der Waals surface area (Å²) in [4.78, 5) is 12.5. The van der Waals surface area contributed by atoms with Crippen molar-refractivity contribution < 1.29 is 4.79 Å².